The van der Waals surface area contributed by atoms with E-state index in [1.807, 2.05) is 42.5 Å². The second-order valence-corrected chi connectivity index (χ2v) is 8.99. The van der Waals surface area contributed by atoms with Gasteiger partial charge in [0.05, 0.1) is 6.54 Å². The SMILES string of the molecule is O=C(CN1CCCCCC1)N1CCCc2c1c(=O)oc1ccc(OCc3ccccc3)cc21. The number of amides is 1. The van der Waals surface area contributed by atoms with Gasteiger partial charge in [-0.2, -0.15) is 0 Å². The van der Waals surface area contributed by atoms with Crippen LogP contribution < -0.4 is 15.3 Å². The van der Waals surface area contributed by atoms with Crippen LogP contribution in [0.4, 0.5) is 5.69 Å². The second kappa shape index (κ2) is 9.79. The molecule has 6 nitrogen and oxygen atoms in total. The van der Waals surface area contributed by atoms with Crippen LogP contribution in [-0.2, 0) is 17.8 Å². The van der Waals surface area contributed by atoms with Gasteiger partial charge in [0.25, 0.3) is 0 Å². The van der Waals surface area contributed by atoms with Crippen LogP contribution in [0, 0.1) is 0 Å². The molecule has 0 atom stereocenters. The first-order valence-corrected chi connectivity index (χ1v) is 12.0. The van der Waals surface area contributed by atoms with Crippen LogP contribution in [0.2, 0.25) is 0 Å². The monoisotopic (exact) mass is 446 g/mol. The van der Waals surface area contributed by atoms with Crippen LogP contribution in [0.15, 0.2) is 57.7 Å². The van der Waals surface area contributed by atoms with Gasteiger partial charge in [-0.3, -0.25) is 9.69 Å². The summed E-state index contributed by atoms with van der Waals surface area (Å²) in [4.78, 5) is 30.0. The van der Waals surface area contributed by atoms with Gasteiger partial charge in [-0.05, 0) is 68.1 Å². The molecule has 3 heterocycles. The van der Waals surface area contributed by atoms with Crippen molar-refractivity contribution >= 4 is 22.6 Å². The Labute approximate surface area is 193 Å². The van der Waals surface area contributed by atoms with Crippen LogP contribution in [-0.4, -0.2) is 37.0 Å². The molecule has 0 bridgehead atoms. The van der Waals surface area contributed by atoms with E-state index in [1.165, 1.54) is 12.8 Å². The van der Waals surface area contributed by atoms with Crippen LogP contribution in [0.1, 0.15) is 43.2 Å². The summed E-state index contributed by atoms with van der Waals surface area (Å²) in [6.45, 7) is 3.27. The van der Waals surface area contributed by atoms with Gasteiger partial charge in [0.2, 0.25) is 5.91 Å². The van der Waals surface area contributed by atoms with Crippen molar-refractivity contribution in [3.63, 3.8) is 0 Å². The molecule has 2 aliphatic rings. The zero-order valence-corrected chi connectivity index (χ0v) is 18.9. The summed E-state index contributed by atoms with van der Waals surface area (Å²) >= 11 is 0. The molecule has 2 aromatic carbocycles. The number of hydrogen-bond acceptors (Lipinski definition) is 5. The number of nitrogens with zero attached hydrogens (tertiary/aromatic N) is 2. The first-order chi connectivity index (χ1) is 16.2. The highest BCUT2D eigenvalue weighted by Gasteiger charge is 2.29. The zero-order chi connectivity index (χ0) is 22.6. The van der Waals surface area contributed by atoms with Crippen LogP contribution in [0.25, 0.3) is 11.0 Å². The quantitative estimate of drug-likeness (QED) is 0.539. The summed E-state index contributed by atoms with van der Waals surface area (Å²) in [5, 5.41) is 0.849. The van der Waals surface area contributed by atoms with Crippen molar-refractivity contribution in [3.8, 4) is 5.75 Å². The van der Waals surface area contributed by atoms with Crippen LogP contribution >= 0.6 is 0 Å². The van der Waals surface area contributed by atoms with Gasteiger partial charge >= 0.3 is 5.63 Å². The number of likely N-dealkylation sites (tertiary alicyclic amines) is 1. The lowest BCUT2D eigenvalue weighted by atomic mass is 9.98. The lowest BCUT2D eigenvalue weighted by Crippen LogP contribution is -2.45. The largest absolute Gasteiger partial charge is 0.489 e. The maximum Gasteiger partial charge on any atom is 0.360 e. The van der Waals surface area contributed by atoms with Gasteiger partial charge in [0.1, 0.15) is 23.6 Å². The molecule has 1 aromatic heterocycles. The molecule has 1 saturated heterocycles. The highest BCUT2D eigenvalue weighted by molar-refractivity contribution is 5.98. The van der Waals surface area contributed by atoms with E-state index in [4.69, 9.17) is 9.15 Å². The van der Waals surface area contributed by atoms with Crippen molar-refractivity contribution < 1.29 is 13.9 Å². The van der Waals surface area contributed by atoms with Gasteiger partial charge in [0, 0.05) is 11.9 Å². The molecular weight excluding hydrogens is 416 g/mol. The lowest BCUT2D eigenvalue weighted by Gasteiger charge is -2.31. The average Bonchev–Trinajstić information content (AvgIpc) is 3.12. The first kappa shape index (κ1) is 21.7. The lowest BCUT2D eigenvalue weighted by molar-refractivity contribution is -0.119. The van der Waals surface area contributed by atoms with Gasteiger partial charge < -0.3 is 14.1 Å². The summed E-state index contributed by atoms with van der Waals surface area (Å²) in [5.74, 6) is 0.705. The third kappa shape index (κ3) is 4.81. The number of benzene rings is 2. The fourth-order valence-electron chi connectivity index (χ4n) is 4.94. The molecule has 0 radical (unpaired) electrons. The van der Waals surface area contributed by atoms with Crippen molar-refractivity contribution in [1.82, 2.24) is 4.90 Å². The van der Waals surface area contributed by atoms with Crippen molar-refractivity contribution in [2.24, 2.45) is 0 Å². The van der Waals surface area contributed by atoms with E-state index >= 15 is 0 Å². The summed E-state index contributed by atoms with van der Waals surface area (Å²) < 4.78 is 11.7. The number of carbonyl (C=O) groups excluding carboxylic acids is 1. The number of hydrogen-bond donors (Lipinski definition) is 0. The third-order valence-corrected chi connectivity index (χ3v) is 6.64. The second-order valence-electron chi connectivity index (χ2n) is 8.99. The first-order valence-electron chi connectivity index (χ1n) is 12.0. The molecular formula is C27H30N2O4. The Hall–Kier alpha value is -3.12. The Bertz CT molecular complexity index is 1180. The zero-order valence-electron chi connectivity index (χ0n) is 18.9. The number of fused-ring (bicyclic) bond motifs is 3. The molecule has 0 spiro atoms. The number of ether oxygens (including phenoxy) is 1. The standard InChI is InChI=1S/C27H30N2O4/c30-25(18-28-14-6-1-2-7-15-28)29-16-8-11-22-23-17-21(32-19-20-9-4-3-5-10-20)12-13-24(23)33-27(31)26(22)29/h3-5,9-10,12-13,17H,1-2,6-8,11,14-16,18-19H2. The third-order valence-electron chi connectivity index (χ3n) is 6.64. The molecule has 172 valence electrons. The van der Waals surface area contributed by atoms with E-state index in [1.54, 1.807) is 11.0 Å². The highest BCUT2D eigenvalue weighted by Crippen LogP contribution is 2.33. The normalized spacial score (nSPS) is 16.9. The van der Waals surface area contributed by atoms with E-state index in [2.05, 4.69) is 4.90 Å². The predicted molar refractivity (Wildman–Crippen MR) is 129 cm³/mol. The van der Waals surface area contributed by atoms with E-state index in [0.717, 1.165) is 61.0 Å². The maximum atomic E-state index is 13.2. The topological polar surface area (TPSA) is 63.0 Å². The van der Waals surface area contributed by atoms with Crippen molar-refractivity contribution in [3.05, 3.63) is 70.1 Å². The molecule has 2 aliphatic heterocycles. The predicted octanol–water partition coefficient (Wildman–Crippen LogP) is 4.53. The van der Waals surface area contributed by atoms with Gasteiger partial charge in [0.15, 0.2) is 0 Å². The molecule has 0 unspecified atom stereocenters. The number of aryl methyl sites for hydroxylation is 1. The van der Waals surface area contributed by atoms with Crippen molar-refractivity contribution in [2.75, 3.05) is 31.1 Å². The van der Waals surface area contributed by atoms with Gasteiger partial charge in [-0.1, -0.05) is 43.2 Å². The van der Waals surface area contributed by atoms with E-state index in [9.17, 15) is 9.59 Å². The van der Waals surface area contributed by atoms with E-state index < -0.39 is 5.63 Å². The Balaban J connectivity index is 1.42. The van der Waals surface area contributed by atoms with Crippen molar-refractivity contribution in [2.45, 2.75) is 45.1 Å². The molecule has 6 heteroatoms. The molecule has 1 amide bonds. The number of rotatable bonds is 5. The van der Waals surface area contributed by atoms with Crippen LogP contribution in [0.5, 0.6) is 5.75 Å². The molecule has 1 fully saturated rings. The van der Waals surface area contributed by atoms with Gasteiger partial charge in [-0.25, -0.2) is 4.79 Å². The summed E-state index contributed by atoms with van der Waals surface area (Å²) in [7, 11) is 0. The number of carbonyl (C=O) groups is 1. The molecule has 3 aromatic rings. The average molecular weight is 447 g/mol. The number of anilines is 1. The minimum Gasteiger partial charge on any atom is -0.489 e. The Morgan fingerprint density at radius 1 is 0.939 bits per heavy atom. The Kier molecular flexibility index (Phi) is 6.44. The minimum absolute atomic E-state index is 0.0130. The molecule has 0 saturated carbocycles. The summed E-state index contributed by atoms with van der Waals surface area (Å²) in [5.41, 5.74) is 2.49. The fourth-order valence-corrected chi connectivity index (χ4v) is 4.94. The van der Waals surface area contributed by atoms with E-state index in [0.29, 0.717) is 31.0 Å². The van der Waals surface area contributed by atoms with Crippen LogP contribution in [0.3, 0.4) is 0 Å². The van der Waals surface area contributed by atoms with E-state index in [-0.39, 0.29) is 5.91 Å². The molecule has 0 N–H and O–H groups in total. The highest BCUT2D eigenvalue weighted by atomic mass is 16.5. The van der Waals surface area contributed by atoms with Gasteiger partial charge in [-0.15, -0.1) is 0 Å². The summed E-state index contributed by atoms with van der Waals surface area (Å²) in [6.07, 6.45) is 6.27. The molecule has 33 heavy (non-hydrogen) atoms. The smallest absolute Gasteiger partial charge is 0.360 e. The Morgan fingerprint density at radius 2 is 1.73 bits per heavy atom. The molecule has 0 aliphatic carbocycles. The van der Waals surface area contributed by atoms with Crippen molar-refractivity contribution in [1.29, 1.82) is 0 Å². The fraction of sp³-hybridized carbons (Fsp3) is 0.407. The maximum absolute atomic E-state index is 13.2. The molecule has 5 rings (SSSR count). The minimum atomic E-state index is -0.431. The summed E-state index contributed by atoms with van der Waals surface area (Å²) in [6, 6.07) is 15.5. The Morgan fingerprint density at radius 3 is 2.52 bits per heavy atom.